The summed E-state index contributed by atoms with van der Waals surface area (Å²) in [7, 11) is 0. The van der Waals surface area contributed by atoms with Crippen LogP contribution in [0.2, 0.25) is 0 Å². The Morgan fingerprint density at radius 1 is 1.20 bits per heavy atom. The van der Waals surface area contributed by atoms with Gasteiger partial charge in [0.05, 0.1) is 0 Å². The SMILES string of the molecule is C=CC(=O)N(C=Cc1ccc(C(C)(C)C)cc1)C(C)C. The number of hydrogen-bond donors (Lipinski definition) is 0. The summed E-state index contributed by atoms with van der Waals surface area (Å²) in [5.41, 5.74) is 2.54. The second-order valence-corrected chi connectivity index (χ2v) is 6.23. The largest absolute Gasteiger partial charge is 0.313 e. The molecule has 0 heterocycles. The normalized spacial score (nSPS) is 11.9. The molecule has 0 saturated carbocycles. The monoisotopic (exact) mass is 271 g/mol. The lowest BCUT2D eigenvalue weighted by molar-refractivity contribution is -0.124. The summed E-state index contributed by atoms with van der Waals surface area (Å²) in [6.07, 6.45) is 5.11. The highest BCUT2D eigenvalue weighted by Crippen LogP contribution is 2.22. The highest BCUT2D eigenvalue weighted by molar-refractivity contribution is 5.88. The Hall–Kier alpha value is -1.83. The number of amides is 1. The maximum Gasteiger partial charge on any atom is 0.250 e. The second kappa shape index (κ2) is 6.56. The molecule has 108 valence electrons. The predicted molar refractivity (Wildman–Crippen MR) is 86.4 cm³/mol. The lowest BCUT2D eigenvalue weighted by Crippen LogP contribution is -2.30. The van der Waals surface area contributed by atoms with Gasteiger partial charge < -0.3 is 4.90 Å². The zero-order valence-electron chi connectivity index (χ0n) is 13.2. The average Bonchev–Trinajstić information content (AvgIpc) is 2.37. The first-order chi connectivity index (χ1) is 9.25. The van der Waals surface area contributed by atoms with Crippen molar-refractivity contribution in [2.24, 2.45) is 0 Å². The highest BCUT2D eigenvalue weighted by Gasteiger charge is 2.13. The zero-order valence-corrected chi connectivity index (χ0v) is 13.2. The van der Waals surface area contributed by atoms with Gasteiger partial charge in [0, 0.05) is 12.2 Å². The lowest BCUT2D eigenvalue weighted by Gasteiger charge is -2.21. The van der Waals surface area contributed by atoms with Gasteiger partial charge in [0.2, 0.25) is 5.91 Å². The minimum atomic E-state index is -0.0810. The van der Waals surface area contributed by atoms with E-state index < -0.39 is 0 Å². The van der Waals surface area contributed by atoms with Crippen LogP contribution in [0.4, 0.5) is 0 Å². The minimum Gasteiger partial charge on any atom is -0.313 e. The molecule has 0 aliphatic rings. The Labute approximate surface area is 122 Å². The fourth-order valence-electron chi connectivity index (χ4n) is 1.87. The zero-order chi connectivity index (χ0) is 15.3. The van der Waals surface area contributed by atoms with Gasteiger partial charge in [-0.25, -0.2) is 0 Å². The van der Waals surface area contributed by atoms with Gasteiger partial charge in [-0.2, -0.15) is 0 Å². The van der Waals surface area contributed by atoms with Crippen LogP contribution in [0.15, 0.2) is 43.1 Å². The van der Waals surface area contributed by atoms with E-state index in [1.54, 1.807) is 4.90 Å². The number of rotatable bonds is 4. The quantitative estimate of drug-likeness (QED) is 0.744. The highest BCUT2D eigenvalue weighted by atomic mass is 16.2. The first kappa shape index (κ1) is 16.2. The molecule has 0 spiro atoms. The smallest absolute Gasteiger partial charge is 0.250 e. The third-order valence-corrected chi connectivity index (χ3v) is 3.19. The number of hydrogen-bond acceptors (Lipinski definition) is 1. The van der Waals surface area contributed by atoms with Gasteiger partial charge in [-0.3, -0.25) is 4.79 Å². The Kier molecular flexibility index (Phi) is 5.32. The van der Waals surface area contributed by atoms with Gasteiger partial charge in [-0.1, -0.05) is 51.6 Å². The molecular weight excluding hydrogens is 246 g/mol. The number of carbonyl (C=O) groups excluding carboxylic acids is 1. The van der Waals surface area contributed by atoms with E-state index in [1.165, 1.54) is 11.6 Å². The van der Waals surface area contributed by atoms with E-state index in [-0.39, 0.29) is 17.4 Å². The first-order valence-corrected chi connectivity index (χ1v) is 6.99. The van der Waals surface area contributed by atoms with E-state index in [4.69, 9.17) is 0 Å². The molecular formula is C18H25NO. The summed E-state index contributed by atoms with van der Waals surface area (Å²) in [6, 6.07) is 8.54. The first-order valence-electron chi connectivity index (χ1n) is 6.99. The molecule has 1 aromatic rings. The molecule has 0 aromatic heterocycles. The summed E-state index contributed by atoms with van der Waals surface area (Å²) >= 11 is 0. The van der Waals surface area contributed by atoms with Crippen molar-refractivity contribution >= 4 is 12.0 Å². The molecule has 1 rings (SSSR count). The van der Waals surface area contributed by atoms with Gasteiger partial charge in [0.1, 0.15) is 0 Å². The lowest BCUT2D eigenvalue weighted by atomic mass is 9.87. The van der Waals surface area contributed by atoms with Crippen LogP contribution in [0.25, 0.3) is 6.08 Å². The molecule has 0 aliphatic carbocycles. The van der Waals surface area contributed by atoms with Gasteiger partial charge in [0.15, 0.2) is 0 Å². The van der Waals surface area contributed by atoms with Crippen molar-refractivity contribution in [1.82, 2.24) is 4.90 Å². The van der Waals surface area contributed by atoms with E-state index in [0.717, 1.165) is 5.56 Å². The van der Waals surface area contributed by atoms with Crippen molar-refractivity contribution < 1.29 is 4.79 Å². The molecule has 2 heteroatoms. The van der Waals surface area contributed by atoms with E-state index in [2.05, 4.69) is 51.6 Å². The second-order valence-electron chi connectivity index (χ2n) is 6.23. The van der Waals surface area contributed by atoms with E-state index in [0.29, 0.717) is 0 Å². The van der Waals surface area contributed by atoms with Crippen molar-refractivity contribution in [3.63, 3.8) is 0 Å². The molecule has 0 N–H and O–H groups in total. The Morgan fingerprint density at radius 3 is 2.15 bits per heavy atom. The van der Waals surface area contributed by atoms with Crippen LogP contribution in [-0.4, -0.2) is 16.8 Å². The maximum atomic E-state index is 11.7. The van der Waals surface area contributed by atoms with Crippen LogP contribution in [0.3, 0.4) is 0 Å². The number of benzene rings is 1. The summed E-state index contributed by atoms with van der Waals surface area (Å²) in [5, 5.41) is 0. The Morgan fingerprint density at radius 2 is 1.75 bits per heavy atom. The molecule has 0 fully saturated rings. The molecule has 2 nitrogen and oxygen atoms in total. The van der Waals surface area contributed by atoms with Crippen molar-refractivity contribution in [1.29, 1.82) is 0 Å². The number of nitrogens with zero attached hydrogens (tertiary/aromatic N) is 1. The molecule has 0 bridgehead atoms. The summed E-state index contributed by atoms with van der Waals surface area (Å²) in [6.45, 7) is 14.1. The van der Waals surface area contributed by atoms with E-state index in [1.807, 2.05) is 26.1 Å². The third-order valence-electron chi connectivity index (χ3n) is 3.19. The topological polar surface area (TPSA) is 20.3 Å². The van der Waals surface area contributed by atoms with Gasteiger partial charge >= 0.3 is 0 Å². The van der Waals surface area contributed by atoms with Crippen LogP contribution < -0.4 is 0 Å². The fourth-order valence-corrected chi connectivity index (χ4v) is 1.87. The molecule has 0 radical (unpaired) electrons. The summed E-state index contributed by atoms with van der Waals surface area (Å²) in [4.78, 5) is 13.4. The summed E-state index contributed by atoms with van der Waals surface area (Å²) < 4.78 is 0. The maximum absolute atomic E-state index is 11.7. The van der Waals surface area contributed by atoms with E-state index >= 15 is 0 Å². The molecule has 20 heavy (non-hydrogen) atoms. The molecule has 0 saturated heterocycles. The van der Waals surface area contributed by atoms with Crippen molar-refractivity contribution in [2.75, 3.05) is 0 Å². The van der Waals surface area contributed by atoms with Gasteiger partial charge in [0.25, 0.3) is 0 Å². The van der Waals surface area contributed by atoms with E-state index in [9.17, 15) is 4.79 Å². The number of carbonyl (C=O) groups is 1. The fraction of sp³-hybridized carbons (Fsp3) is 0.389. The van der Waals surface area contributed by atoms with Gasteiger partial charge in [-0.05, 0) is 42.5 Å². The van der Waals surface area contributed by atoms with Crippen LogP contribution >= 0.6 is 0 Å². The summed E-state index contributed by atoms with van der Waals surface area (Å²) in [5.74, 6) is -0.0810. The van der Waals surface area contributed by atoms with Crippen LogP contribution in [0.1, 0.15) is 45.7 Å². The Balaban J connectivity index is 2.89. The van der Waals surface area contributed by atoms with Crippen molar-refractivity contribution in [2.45, 2.75) is 46.1 Å². The Bertz CT molecular complexity index is 489. The standard InChI is InChI=1S/C18H25NO/c1-7-17(20)19(14(2)3)13-12-15-8-10-16(11-9-15)18(4,5)6/h7-14H,1H2,2-6H3. The molecule has 0 unspecified atom stereocenters. The molecule has 1 aromatic carbocycles. The minimum absolute atomic E-state index is 0.0810. The van der Waals surface area contributed by atoms with Crippen molar-refractivity contribution in [3.8, 4) is 0 Å². The average molecular weight is 271 g/mol. The van der Waals surface area contributed by atoms with Crippen LogP contribution in [-0.2, 0) is 10.2 Å². The van der Waals surface area contributed by atoms with Crippen molar-refractivity contribution in [3.05, 3.63) is 54.2 Å². The third kappa shape index (κ3) is 4.37. The van der Waals surface area contributed by atoms with Crippen LogP contribution in [0, 0.1) is 0 Å². The molecule has 0 atom stereocenters. The van der Waals surface area contributed by atoms with Crippen LogP contribution in [0.5, 0.6) is 0 Å². The molecule has 0 aliphatic heterocycles. The molecule has 1 amide bonds. The van der Waals surface area contributed by atoms with Gasteiger partial charge in [-0.15, -0.1) is 0 Å². The predicted octanol–water partition coefficient (Wildman–Crippen LogP) is 4.38.